The number of nitrogens with zero attached hydrogens (tertiary/aromatic N) is 1. The van der Waals surface area contributed by atoms with Gasteiger partial charge in [-0.1, -0.05) is 18.2 Å². The summed E-state index contributed by atoms with van der Waals surface area (Å²) in [5, 5.41) is 2.87. The molecule has 0 saturated heterocycles. The lowest BCUT2D eigenvalue weighted by atomic mass is 10.3. The van der Waals surface area contributed by atoms with Gasteiger partial charge in [-0.05, 0) is 12.1 Å². The SMILES string of the molecule is COC(OC)[SiH2]CNC(=O)N(C)c1ccccc1. The minimum Gasteiger partial charge on any atom is -0.360 e. The highest BCUT2D eigenvalue weighted by atomic mass is 28.2. The maximum absolute atomic E-state index is 11.9. The molecule has 2 amide bonds. The molecule has 0 atom stereocenters. The Labute approximate surface area is 110 Å². The van der Waals surface area contributed by atoms with Crippen LogP contribution in [0.5, 0.6) is 0 Å². The molecule has 100 valence electrons. The maximum atomic E-state index is 11.9. The van der Waals surface area contributed by atoms with Crippen molar-refractivity contribution in [2.45, 2.75) is 5.91 Å². The lowest BCUT2D eigenvalue weighted by Gasteiger charge is -2.19. The van der Waals surface area contributed by atoms with Gasteiger partial charge in [0.15, 0.2) is 0 Å². The van der Waals surface area contributed by atoms with Crippen molar-refractivity contribution in [3.8, 4) is 0 Å². The second-order valence-electron chi connectivity index (χ2n) is 3.82. The molecule has 5 nitrogen and oxygen atoms in total. The first-order valence-corrected chi connectivity index (χ1v) is 7.63. The first kappa shape index (κ1) is 14.7. The highest BCUT2D eigenvalue weighted by Gasteiger charge is 2.11. The fraction of sp³-hybridized carbons (Fsp3) is 0.417. The Hall–Kier alpha value is -1.37. The van der Waals surface area contributed by atoms with Crippen molar-refractivity contribution in [1.29, 1.82) is 0 Å². The second kappa shape index (κ2) is 7.86. The number of carbonyl (C=O) groups is 1. The number of benzene rings is 1. The molecule has 0 fully saturated rings. The van der Waals surface area contributed by atoms with Gasteiger partial charge in [-0.25, -0.2) is 4.79 Å². The Morgan fingerprint density at radius 3 is 2.50 bits per heavy atom. The molecule has 0 spiro atoms. The number of ether oxygens (including phenoxy) is 2. The summed E-state index contributed by atoms with van der Waals surface area (Å²) in [4.78, 5) is 13.4. The number of para-hydroxylation sites is 1. The van der Waals surface area contributed by atoms with Gasteiger partial charge in [0, 0.05) is 33.1 Å². The average molecular weight is 268 g/mol. The van der Waals surface area contributed by atoms with Gasteiger partial charge in [-0.3, -0.25) is 4.90 Å². The summed E-state index contributed by atoms with van der Waals surface area (Å²) >= 11 is 0. The number of anilines is 1. The minimum absolute atomic E-state index is 0.111. The molecule has 0 heterocycles. The Morgan fingerprint density at radius 1 is 1.33 bits per heavy atom. The van der Waals surface area contributed by atoms with Gasteiger partial charge in [0.05, 0.1) is 0 Å². The number of amides is 2. The van der Waals surface area contributed by atoms with E-state index in [0.29, 0.717) is 6.17 Å². The summed E-state index contributed by atoms with van der Waals surface area (Å²) in [7, 11) is 4.33. The van der Waals surface area contributed by atoms with Crippen molar-refractivity contribution in [2.75, 3.05) is 32.3 Å². The molecule has 1 aromatic carbocycles. The Morgan fingerprint density at radius 2 is 1.94 bits per heavy atom. The molecule has 6 heteroatoms. The summed E-state index contributed by atoms with van der Waals surface area (Å²) in [5.74, 6) is -0.146. The van der Waals surface area contributed by atoms with Crippen LogP contribution in [0.25, 0.3) is 0 Å². The van der Waals surface area contributed by atoms with Gasteiger partial charge < -0.3 is 14.8 Å². The van der Waals surface area contributed by atoms with Crippen LogP contribution in [-0.4, -0.2) is 48.9 Å². The molecule has 0 radical (unpaired) electrons. The quantitative estimate of drug-likeness (QED) is 0.605. The minimum atomic E-state index is -0.632. The van der Waals surface area contributed by atoms with Crippen molar-refractivity contribution < 1.29 is 14.3 Å². The predicted molar refractivity (Wildman–Crippen MR) is 74.6 cm³/mol. The zero-order valence-electron chi connectivity index (χ0n) is 11.1. The smallest absolute Gasteiger partial charge is 0.321 e. The lowest BCUT2D eigenvalue weighted by molar-refractivity contribution is -0.0440. The van der Waals surface area contributed by atoms with Crippen molar-refractivity contribution >= 4 is 21.2 Å². The largest absolute Gasteiger partial charge is 0.360 e. The number of urea groups is 1. The van der Waals surface area contributed by atoms with Crippen LogP contribution in [0.2, 0.25) is 0 Å². The molecule has 0 saturated carbocycles. The van der Waals surface area contributed by atoms with Gasteiger partial charge >= 0.3 is 6.03 Å². The van der Waals surface area contributed by atoms with Crippen molar-refractivity contribution in [1.82, 2.24) is 5.32 Å². The predicted octanol–water partition coefficient (Wildman–Crippen LogP) is 0.535. The number of hydrogen-bond acceptors (Lipinski definition) is 3. The van der Waals surface area contributed by atoms with E-state index < -0.39 is 9.52 Å². The van der Waals surface area contributed by atoms with E-state index in [1.807, 2.05) is 30.3 Å². The van der Waals surface area contributed by atoms with Crippen LogP contribution in [0.3, 0.4) is 0 Å². The fourth-order valence-electron chi connectivity index (χ4n) is 1.52. The topological polar surface area (TPSA) is 50.8 Å². The molecule has 0 aliphatic rings. The van der Waals surface area contributed by atoms with Crippen molar-refractivity contribution in [2.24, 2.45) is 0 Å². The van der Waals surface area contributed by atoms with Crippen LogP contribution in [0, 0.1) is 0 Å². The van der Waals surface area contributed by atoms with E-state index in [2.05, 4.69) is 5.32 Å². The van der Waals surface area contributed by atoms with Crippen molar-refractivity contribution in [3.05, 3.63) is 30.3 Å². The first-order valence-electron chi connectivity index (χ1n) is 5.81. The van der Waals surface area contributed by atoms with E-state index in [9.17, 15) is 4.79 Å². The summed E-state index contributed by atoms with van der Waals surface area (Å²) in [6.07, 6.45) is 0.641. The summed E-state index contributed by atoms with van der Waals surface area (Å²) in [6, 6.07) is 9.40. The van der Waals surface area contributed by atoms with E-state index >= 15 is 0 Å². The zero-order chi connectivity index (χ0) is 13.4. The Balaban J connectivity index is 2.37. The molecule has 0 bridgehead atoms. The van der Waals surface area contributed by atoms with E-state index in [4.69, 9.17) is 9.47 Å². The molecule has 0 aliphatic heterocycles. The molecule has 1 N–H and O–H groups in total. The number of rotatable bonds is 6. The maximum Gasteiger partial charge on any atom is 0.321 e. The van der Waals surface area contributed by atoms with Crippen LogP contribution < -0.4 is 10.2 Å². The van der Waals surface area contributed by atoms with Crippen molar-refractivity contribution in [3.63, 3.8) is 0 Å². The summed E-state index contributed by atoms with van der Waals surface area (Å²) < 4.78 is 10.2. The van der Waals surface area contributed by atoms with Gasteiger partial charge in [0.2, 0.25) is 0 Å². The van der Waals surface area contributed by atoms with Gasteiger partial charge in [0.25, 0.3) is 0 Å². The Kier molecular flexibility index (Phi) is 6.41. The zero-order valence-corrected chi connectivity index (χ0v) is 12.5. The normalized spacial score (nSPS) is 11.1. The molecule has 18 heavy (non-hydrogen) atoms. The van der Waals surface area contributed by atoms with E-state index in [1.54, 1.807) is 26.2 Å². The third-order valence-corrected chi connectivity index (χ3v) is 4.31. The highest BCUT2D eigenvalue weighted by molar-refractivity contribution is 6.37. The molecule has 1 aromatic rings. The van der Waals surface area contributed by atoms with E-state index in [1.165, 1.54) is 0 Å². The second-order valence-corrected chi connectivity index (χ2v) is 5.56. The third-order valence-electron chi connectivity index (χ3n) is 2.63. The first-order chi connectivity index (χ1) is 8.69. The van der Waals surface area contributed by atoms with Crippen LogP contribution in [0.1, 0.15) is 0 Å². The standard InChI is InChI=1S/C12H20N2O3Si/c1-14(10-7-5-4-6-8-10)11(15)13-9-18-12(16-2)17-3/h4-8,12H,9,18H2,1-3H3,(H,13,15). The Bertz CT molecular complexity index is 358. The summed E-state index contributed by atoms with van der Waals surface area (Å²) in [5.41, 5.74) is 0.867. The molecule has 0 aromatic heterocycles. The monoisotopic (exact) mass is 268 g/mol. The van der Waals surface area contributed by atoms with Crippen LogP contribution >= 0.6 is 0 Å². The van der Waals surface area contributed by atoms with Crippen LogP contribution in [0.15, 0.2) is 30.3 Å². The number of methoxy groups -OCH3 is 2. The summed E-state index contributed by atoms with van der Waals surface area (Å²) in [6.45, 7) is 0. The van der Waals surface area contributed by atoms with E-state index in [0.717, 1.165) is 5.69 Å². The molecule has 0 unspecified atom stereocenters. The van der Waals surface area contributed by atoms with Gasteiger partial charge in [0.1, 0.15) is 15.4 Å². The van der Waals surface area contributed by atoms with E-state index in [-0.39, 0.29) is 11.9 Å². The van der Waals surface area contributed by atoms with Crippen LogP contribution in [0.4, 0.5) is 10.5 Å². The number of nitrogens with one attached hydrogen (secondary N) is 1. The number of carbonyl (C=O) groups excluding carboxylic acids is 1. The van der Waals surface area contributed by atoms with Gasteiger partial charge in [-0.2, -0.15) is 0 Å². The van der Waals surface area contributed by atoms with Gasteiger partial charge in [-0.15, -0.1) is 0 Å². The van der Waals surface area contributed by atoms with Crippen LogP contribution in [-0.2, 0) is 9.47 Å². The fourth-order valence-corrected chi connectivity index (χ4v) is 2.58. The highest BCUT2D eigenvalue weighted by Crippen LogP contribution is 2.10. The average Bonchev–Trinajstić information content (AvgIpc) is 2.43. The number of hydrogen-bond donors (Lipinski definition) is 1. The molecular formula is C12H20N2O3Si. The molecule has 1 rings (SSSR count). The molecular weight excluding hydrogens is 248 g/mol. The molecule has 0 aliphatic carbocycles. The third kappa shape index (κ3) is 4.48. The lowest BCUT2D eigenvalue weighted by Crippen LogP contribution is -2.41.